The number of carbonyl (C=O) groups is 3. The van der Waals surface area contributed by atoms with E-state index >= 15 is 0 Å². The molecule has 2 aromatic carbocycles. The van der Waals surface area contributed by atoms with Gasteiger partial charge in [-0.15, -0.1) is 0 Å². The zero-order valence-electron chi connectivity index (χ0n) is 21.5. The van der Waals surface area contributed by atoms with E-state index in [1.807, 2.05) is 4.90 Å². The number of ketones is 2. The lowest BCUT2D eigenvalue weighted by molar-refractivity contribution is -0.384. The maximum absolute atomic E-state index is 13.4. The smallest absolute Gasteiger partial charge is 0.305 e. The first-order valence-electron chi connectivity index (χ1n) is 13.0. The van der Waals surface area contributed by atoms with Crippen LogP contribution in [0.2, 0.25) is 10.0 Å². The van der Waals surface area contributed by atoms with E-state index in [4.69, 9.17) is 27.9 Å². The molecule has 2 aromatic rings. The summed E-state index contributed by atoms with van der Waals surface area (Å²) in [7, 11) is 0. The number of Topliss-reactive ketones (excluding diaryl/α,β-unsaturated/α-hetero) is 2. The molecule has 0 saturated heterocycles. The Bertz CT molecular complexity index is 1410. The highest BCUT2D eigenvalue weighted by Gasteiger charge is 2.43. The molecule has 0 amide bonds. The van der Waals surface area contributed by atoms with E-state index < -0.39 is 16.8 Å². The highest BCUT2D eigenvalue weighted by Crippen LogP contribution is 2.50. The zero-order valence-corrected chi connectivity index (χ0v) is 23.0. The summed E-state index contributed by atoms with van der Waals surface area (Å²) in [4.78, 5) is 50.5. The van der Waals surface area contributed by atoms with Crippen molar-refractivity contribution >= 4 is 46.4 Å². The molecule has 0 spiro atoms. The van der Waals surface area contributed by atoms with Crippen molar-refractivity contribution in [2.24, 2.45) is 0 Å². The number of carboxylic acid groups (broad SMARTS) is 1. The van der Waals surface area contributed by atoms with Gasteiger partial charge in [0.2, 0.25) is 0 Å². The summed E-state index contributed by atoms with van der Waals surface area (Å²) < 4.78 is 5.87. The van der Waals surface area contributed by atoms with Crippen molar-refractivity contribution in [1.82, 2.24) is 4.90 Å². The van der Waals surface area contributed by atoms with Crippen molar-refractivity contribution in [2.45, 2.75) is 57.5 Å². The molecule has 1 aliphatic heterocycles. The molecular weight excluding hydrogens is 559 g/mol. The van der Waals surface area contributed by atoms with Crippen LogP contribution in [-0.4, -0.2) is 39.0 Å². The second kappa shape index (κ2) is 11.4. The number of hydrogen-bond donors (Lipinski definition) is 1. The lowest BCUT2D eigenvalue weighted by Gasteiger charge is -2.44. The predicted octanol–water partition coefficient (Wildman–Crippen LogP) is 6.37. The number of carbonyl (C=O) groups excluding carboxylic acids is 2. The standard InChI is InChI=1S/C29H26Cl2N2O7/c30-19-13-17(14-20(31)29(19)40-15-16-7-9-18(10-8-16)33(38)39)26-27-21(3-1-5-23(27)34)32(12-11-25(36)37)22-4-2-6-24(35)28(22)26/h7-10,13-14,26H,1-6,11-12,15H2,(H,36,37). The Morgan fingerprint density at radius 1 is 0.975 bits per heavy atom. The van der Waals surface area contributed by atoms with Gasteiger partial charge in [0.1, 0.15) is 6.61 Å². The molecule has 5 rings (SSSR count). The van der Waals surface area contributed by atoms with Crippen LogP contribution in [-0.2, 0) is 21.0 Å². The summed E-state index contributed by atoms with van der Waals surface area (Å²) in [5.74, 6) is -1.51. The first kappa shape index (κ1) is 27.9. The predicted molar refractivity (Wildman–Crippen MR) is 147 cm³/mol. The van der Waals surface area contributed by atoms with Gasteiger partial charge in [0, 0.05) is 60.0 Å². The highest BCUT2D eigenvalue weighted by molar-refractivity contribution is 6.37. The lowest BCUT2D eigenvalue weighted by Crippen LogP contribution is -2.39. The van der Waals surface area contributed by atoms with E-state index in [9.17, 15) is 29.6 Å². The van der Waals surface area contributed by atoms with Gasteiger partial charge in [-0.25, -0.2) is 0 Å². The van der Waals surface area contributed by atoms with Crippen molar-refractivity contribution in [3.05, 3.63) is 90.2 Å². The molecule has 2 aliphatic carbocycles. The van der Waals surface area contributed by atoms with E-state index in [0.717, 1.165) is 11.4 Å². The number of nitro benzene ring substituents is 1. The highest BCUT2D eigenvalue weighted by atomic mass is 35.5. The van der Waals surface area contributed by atoms with Gasteiger partial charge in [-0.05, 0) is 61.1 Å². The van der Waals surface area contributed by atoms with Gasteiger partial charge in [-0.3, -0.25) is 24.5 Å². The van der Waals surface area contributed by atoms with Crippen LogP contribution in [0.1, 0.15) is 62.0 Å². The number of aliphatic carboxylic acids is 1. The average molecular weight is 585 g/mol. The molecule has 208 valence electrons. The molecule has 0 fully saturated rings. The van der Waals surface area contributed by atoms with Crippen LogP contribution in [0.25, 0.3) is 0 Å². The molecule has 0 unspecified atom stereocenters. The minimum absolute atomic E-state index is 0.0324. The Balaban J connectivity index is 1.52. The maximum atomic E-state index is 13.4. The van der Waals surface area contributed by atoms with Crippen molar-refractivity contribution in [3.63, 3.8) is 0 Å². The molecule has 3 aliphatic rings. The molecule has 11 heteroatoms. The fourth-order valence-corrected chi connectivity index (χ4v) is 6.39. The summed E-state index contributed by atoms with van der Waals surface area (Å²) in [6, 6.07) is 9.25. The molecule has 1 heterocycles. The van der Waals surface area contributed by atoms with Crippen molar-refractivity contribution < 1.29 is 29.2 Å². The number of allylic oxidation sites excluding steroid dienone is 4. The molecule has 0 radical (unpaired) electrons. The first-order chi connectivity index (χ1) is 19.2. The van der Waals surface area contributed by atoms with E-state index in [0.29, 0.717) is 60.8 Å². The SMILES string of the molecule is O=C(O)CCN1C2=C(C(=O)CCC2)C(c2cc(Cl)c(OCc3ccc([N+](=O)[O-])cc3)c(Cl)c2)C2=C1CCCC2=O. The van der Waals surface area contributed by atoms with Crippen molar-refractivity contribution in [3.8, 4) is 5.75 Å². The summed E-state index contributed by atoms with van der Waals surface area (Å²) in [5.41, 5.74) is 3.83. The number of non-ortho nitro benzene ring substituents is 1. The molecular formula is C29H26Cl2N2O7. The number of nitro groups is 1. The van der Waals surface area contributed by atoms with Gasteiger partial charge in [-0.2, -0.15) is 0 Å². The Morgan fingerprint density at radius 3 is 2.02 bits per heavy atom. The van der Waals surface area contributed by atoms with Gasteiger partial charge in [0.25, 0.3) is 5.69 Å². The van der Waals surface area contributed by atoms with E-state index in [1.165, 1.54) is 12.1 Å². The van der Waals surface area contributed by atoms with Crippen LogP contribution >= 0.6 is 23.2 Å². The summed E-state index contributed by atoms with van der Waals surface area (Å²) in [6.07, 6.45) is 3.11. The van der Waals surface area contributed by atoms with Gasteiger partial charge in [0.15, 0.2) is 17.3 Å². The minimum Gasteiger partial charge on any atom is -0.486 e. The monoisotopic (exact) mass is 584 g/mol. The molecule has 0 saturated carbocycles. The van der Waals surface area contributed by atoms with E-state index in [-0.39, 0.29) is 52.6 Å². The molecule has 1 N–H and O–H groups in total. The third-order valence-corrected chi connectivity index (χ3v) is 8.08. The number of rotatable bonds is 8. The van der Waals surface area contributed by atoms with Crippen LogP contribution in [0.15, 0.2) is 58.9 Å². The largest absolute Gasteiger partial charge is 0.486 e. The van der Waals surface area contributed by atoms with Gasteiger partial charge in [-0.1, -0.05) is 23.2 Å². The van der Waals surface area contributed by atoms with E-state index in [1.54, 1.807) is 24.3 Å². The van der Waals surface area contributed by atoms with E-state index in [2.05, 4.69) is 0 Å². The summed E-state index contributed by atoms with van der Waals surface area (Å²) >= 11 is 13.3. The molecule has 0 aromatic heterocycles. The quantitative estimate of drug-likeness (QED) is 0.280. The Kier molecular flexibility index (Phi) is 7.96. The van der Waals surface area contributed by atoms with Crippen LogP contribution in [0.5, 0.6) is 5.75 Å². The number of benzene rings is 2. The second-order valence-electron chi connectivity index (χ2n) is 10.0. The second-order valence-corrected chi connectivity index (χ2v) is 10.8. The third kappa shape index (κ3) is 5.36. The normalized spacial score (nSPS) is 17.6. The van der Waals surface area contributed by atoms with Gasteiger partial charge < -0.3 is 14.7 Å². The van der Waals surface area contributed by atoms with Gasteiger partial charge >= 0.3 is 5.97 Å². The number of hydrogen-bond acceptors (Lipinski definition) is 7. The fraction of sp³-hybridized carbons (Fsp3) is 0.345. The van der Waals surface area contributed by atoms with Crippen molar-refractivity contribution in [1.29, 1.82) is 0 Å². The Hall–Kier alpha value is -3.69. The lowest BCUT2D eigenvalue weighted by atomic mass is 9.71. The number of ether oxygens (including phenoxy) is 1. The molecule has 0 bridgehead atoms. The van der Waals surface area contributed by atoms with Crippen molar-refractivity contribution in [2.75, 3.05) is 6.54 Å². The van der Waals surface area contributed by atoms with Crippen LogP contribution in [0.3, 0.4) is 0 Å². The molecule has 40 heavy (non-hydrogen) atoms. The Morgan fingerprint density at radius 2 is 1.52 bits per heavy atom. The van der Waals surface area contributed by atoms with Crippen LogP contribution in [0.4, 0.5) is 5.69 Å². The summed E-state index contributed by atoms with van der Waals surface area (Å²) in [5, 5.41) is 20.7. The topological polar surface area (TPSA) is 127 Å². The molecule has 9 nitrogen and oxygen atoms in total. The Labute approximate surface area is 240 Å². The summed E-state index contributed by atoms with van der Waals surface area (Å²) in [6.45, 7) is 0.261. The first-order valence-corrected chi connectivity index (χ1v) is 13.8. The fourth-order valence-electron chi connectivity index (χ4n) is 5.78. The average Bonchev–Trinajstić information content (AvgIpc) is 2.91. The zero-order chi connectivity index (χ0) is 28.6. The van der Waals surface area contributed by atoms with Crippen LogP contribution in [0, 0.1) is 10.1 Å². The van der Waals surface area contributed by atoms with Crippen LogP contribution < -0.4 is 4.74 Å². The maximum Gasteiger partial charge on any atom is 0.305 e. The van der Waals surface area contributed by atoms with Gasteiger partial charge in [0.05, 0.1) is 21.4 Å². The third-order valence-electron chi connectivity index (χ3n) is 7.52. The number of halogens is 2. The number of carboxylic acids is 1. The number of nitrogens with zero attached hydrogens (tertiary/aromatic N) is 2. The molecule has 0 atom stereocenters. The minimum atomic E-state index is -0.946.